The van der Waals surface area contributed by atoms with Gasteiger partial charge in [0, 0.05) is 12.6 Å². The Morgan fingerprint density at radius 3 is 2.12 bits per heavy atom. The van der Waals surface area contributed by atoms with Crippen LogP contribution in [0.25, 0.3) is 0 Å². The number of methoxy groups -OCH3 is 2. The van der Waals surface area contributed by atoms with Gasteiger partial charge in [-0.05, 0) is 18.1 Å². The van der Waals surface area contributed by atoms with Gasteiger partial charge in [-0.25, -0.2) is 9.59 Å². The van der Waals surface area contributed by atoms with E-state index in [1.165, 1.54) is 26.4 Å². The first kappa shape index (κ1) is 19.3. The lowest BCUT2D eigenvalue weighted by Crippen LogP contribution is -2.42. The number of carbonyl (C=O) groups is 3. The summed E-state index contributed by atoms with van der Waals surface area (Å²) in [5, 5.41) is 4.59. The van der Waals surface area contributed by atoms with Crippen LogP contribution in [-0.2, 0) is 9.53 Å². The minimum absolute atomic E-state index is 0.170. The SMILES string of the molecule is COc1cc(OC)cc(C(=O)OCC(=O)NC(=O)NCC(C)C)c1. The van der Waals surface area contributed by atoms with Crippen molar-refractivity contribution in [3.05, 3.63) is 23.8 Å². The second kappa shape index (κ2) is 9.39. The molecule has 0 spiro atoms. The molecule has 0 radical (unpaired) electrons. The molecular weight excluding hydrogens is 316 g/mol. The number of benzene rings is 1. The summed E-state index contributed by atoms with van der Waals surface area (Å²) in [6.45, 7) is 3.70. The van der Waals surface area contributed by atoms with Gasteiger partial charge >= 0.3 is 12.0 Å². The molecule has 0 fully saturated rings. The van der Waals surface area contributed by atoms with Gasteiger partial charge in [0.05, 0.1) is 19.8 Å². The summed E-state index contributed by atoms with van der Waals surface area (Å²) in [4.78, 5) is 35.0. The van der Waals surface area contributed by atoms with E-state index in [1.54, 1.807) is 6.07 Å². The molecule has 0 bridgehead atoms. The second-order valence-electron chi connectivity index (χ2n) is 5.33. The molecule has 0 aliphatic carbocycles. The molecule has 0 aliphatic rings. The van der Waals surface area contributed by atoms with E-state index < -0.39 is 24.5 Å². The molecule has 24 heavy (non-hydrogen) atoms. The highest BCUT2D eigenvalue weighted by Crippen LogP contribution is 2.22. The summed E-state index contributed by atoms with van der Waals surface area (Å²) in [7, 11) is 2.90. The molecule has 0 atom stereocenters. The third-order valence-electron chi connectivity index (χ3n) is 2.85. The van der Waals surface area contributed by atoms with Crippen molar-refractivity contribution in [3.8, 4) is 11.5 Å². The molecule has 3 amide bonds. The second-order valence-corrected chi connectivity index (χ2v) is 5.33. The Morgan fingerprint density at radius 2 is 1.62 bits per heavy atom. The van der Waals surface area contributed by atoms with E-state index in [1.807, 2.05) is 13.8 Å². The monoisotopic (exact) mass is 338 g/mol. The fourth-order valence-corrected chi connectivity index (χ4v) is 1.64. The molecule has 1 aromatic rings. The first-order valence-corrected chi connectivity index (χ1v) is 7.33. The van der Waals surface area contributed by atoms with Crippen molar-refractivity contribution in [2.45, 2.75) is 13.8 Å². The van der Waals surface area contributed by atoms with E-state index >= 15 is 0 Å². The van der Waals surface area contributed by atoms with Crippen molar-refractivity contribution in [1.82, 2.24) is 10.6 Å². The minimum atomic E-state index is -0.732. The molecule has 0 aliphatic heterocycles. The van der Waals surface area contributed by atoms with Crippen LogP contribution in [-0.4, -0.2) is 45.3 Å². The van der Waals surface area contributed by atoms with Crippen LogP contribution in [0, 0.1) is 5.92 Å². The molecule has 0 saturated heterocycles. The number of hydrogen-bond donors (Lipinski definition) is 2. The quantitative estimate of drug-likeness (QED) is 0.727. The zero-order valence-electron chi connectivity index (χ0n) is 14.2. The van der Waals surface area contributed by atoms with Crippen LogP contribution in [0.15, 0.2) is 18.2 Å². The summed E-state index contributed by atoms with van der Waals surface area (Å²) in [5.41, 5.74) is 0.170. The van der Waals surface area contributed by atoms with Crippen molar-refractivity contribution < 1.29 is 28.6 Å². The van der Waals surface area contributed by atoms with Crippen molar-refractivity contribution in [2.24, 2.45) is 5.92 Å². The standard InChI is InChI=1S/C16H22N2O6/c1-10(2)8-17-16(21)18-14(19)9-24-15(20)11-5-12(22-3)7-13(6-11)23-4/h5-7,10H,8-9H2,1-4H3,(H2,17,18,19,21). The van der Waals surface area contributed by atoms with Gasteiger partial charge in [0.1, 0.15) is 11.5 Å². The third-order valence-corrected chi connectivity index (χ3v) is 2.85. The highest BCUT2D eigenvalue weighted by atomic mass is 16.5. The van der Waals surface area contributed by atoms with E-state index in [-0.39, 0.29) is 11.5 Å². The number of ether oxygens (including phenoxy) is 3. The Labute approximate surface area is 140 Å². The van der Waals surface area contributed by atoms with Crippen LogP contribution in [0.1, 0.15) is 24.2 Å². The fourth-order valence-electron chi connectivity index (χ4n) is 1.64. The van der Waals surface area contributed by atoms with E-state index in [9.17, 15) is 14.4 Å². The molecule has 1 rings (SSSR count). The largest absolute Gasteiger partial charge is 0.497 e. The number of esters is 1. The number of amides is 3. The smallest absolute Gasteiger partial charge is 0.338 e. The summed E-state index contributed by atoms with van der Waals surface area (Å²) in [6, 6.07) is 3.88. The number of hydrogen-bond acceptors (Lipinski definition) is 6. The number of rotatable bonds is 7. The molecule has 0 saturated carbocycles. The first-order chi connectivity index (χ1) is 11.3. The molecule has 132 valence electrons. The lowest BCUT2D eigenvalue weighted by Gasteiger charge is -2.10. The molecule has 8 nitrogen and oxygen atoms in total. The van der Waals surface area contributed by atoms with Gasteiger partial charge in [0.2, 0.25) is 0 Å². The maximum atomic E-state index is 12.0. The van der Waals surface area contributed by atoms with Crippen LogP contribution in [0.3, 0.4) is 0 Å². The minimum Gasteiger partial charge on any atom is -0.497 e. The van der Waals surface area contributed by atoms with E-state index in [0.29, 0.717) is 18.0 Å². The summed E-state index contributed by atoms with van der Waals surface area (Å²) in [6.07, 6.45) is 0. The average molecular weight is 338 g/mol. The highest BCUT2D eigenvalue weighted by molar-refractivity contribution is 5.97. The zero-order chi connectivity index (χ0) is 18.1. The Bertz CT molecular complexity index is 578. The van der Waals surface area contributed by atoms with Crippen molar-refractivity contribution in [1.29, 1.82) is 0 Å². The van der Waals surface area contributed by atoms with Crippen molar-refractivity contribution >= 4 is 17.9 Å². The van der Waals surface area contributed by atoms with Crippen LogP contribution < -0.4 is 20.1 Å². The fraction of sp³-hybridized carbons (Fsp3) is 0.438. The van der Waals surface area contributed by atoms with E-state index in [2.05, 4.69) is 10.6 Å². The average Bonchev–Trinajstić information content (AvgIpc) is 2.57. The Kier molecular flexibility index (Phi) is 7.54. The molecule has 1 aromatic carbocycles. The molecule has 2 N–H and O–H groups in total. The van der Waals surface area contributed by atoms with Crippen LogP contribution >= 0.6 is 0 Å². The van der Waals surface area contributed by atoms with Crippen molar-refractivity contribution in [3.63, 3.8) is 0 Å². The normalized spacial score (nSPS) is 10.0. The van der Waals surface area contributed by atoms with Crippen LogP contribution in [0.5, 0.6) is 11.5 Å². The predicted molar refractivity (Wildman–Crippen MR) is 86.2 cm³/mol. The van der Waals surface area contributed by atoms with Crippen molar-refractivity contribution in [2.75, 3.05) is 27.4 Å². The molecule has 0 unspecified atom stereocenters. The predicted octanol–water partition coefficient (Wildman–Crippen LogP) is 1.34. The van der Waals surface area contributed by atoms with Gasteiger partial charge in [0.15, 0.2) is 6.61 Å². The number of imide groups is 1. The maximum absolute atomic E-state index is 12.0. The van der Waals surface area contributed by atoms with Crippen LogP contribution in [0.2, 0.25) is 0 Å². The Morgan fingerprint density at radius 1 is 1.04 bits per heavy atom. The lowest BCUT2D eigenvalue weighted by atomic mass is 10.2. The summed E-state index contributed by atoms with van der Waals surface area (Å²) in [5.74, 6) is -0.367. The van der Waals surface area contributed by atoms with Gasteiger partial charge in [-0.2, -0.15) is 0 Å². The van der Waals surface area contributed by atoms with Gasteiger partial charge in [-0.1, -0.05) is 13.8 Å². The topological polar surface area (TPSA) is 103 Å². The summed E-state index contributed by atoms with van der Waals surface area (Å²) >= 11 is 0. The van der Waals surface area contributed by atoms with E-state index in [4.69, 9.17) is 14.2 Å². The first-order valence-electron chi connectivity index (χ1n) is 7.33. The number of nitrogens with one attached hydrogen (secondary N) is 2. The number of urea groups is 1. The van der Waals surface area contributed by atoms with Gasteiger partial charge < -0.3 is 19.5 Å². The van der Waals surface area contributed by atoms with Gasteiger partial charge in [-0.3, -0.25) is 10.1 Å². The number of carbonyl (C=O) groups excluding carboxylic acids is 3. The molecular formula is C16H22N2O6. The zero-order valence-corrected chi connectivity index (χ0v) is 14.2. The van der Waals surface area contributed by atoms with Gasteiger partial charge in [-0.15, -0.1) is 0 Å². The molecule has 8 heteroatoms. The maximum Gasteiger partial charge on any atom is 0.338 e. The third kappa shape index (κ3) is 6.55. The van der Waals surface area contributed by atoms with E-state index in [0.717, 1.165) is 0 Å². The Hall–Kier alpha value is -2.77. The highest BCUT2D eigenvalue weighted by Gasteiger charge is 2.14. The molecule has 0 aromatic heterocycles. The van der Waals surface area contributed by atoms with Gasteiger partial charge in [0.25, 0.3) is 5.91 Å². The Balaban J connectivity index is 2.53. The van der Waals surface area contributed by atoms with Crippen LogP contribution in [0.4, 0.5) is 4.79 Å². The lowest BCUT2D eigenvalue weighted by molar-refractivity contribution is -0.123. The molecule has 0 heterocycles. The summed E-state index contributed by atoms with van der Waals surface area (Å²) < 4.78 is 15.0.